The Labute approximate surface area is 181 Å². The van der Waals surface area contributed by atoms with E-state index in [1.807, 2.05) is 4.90 Å². The maximum atomic E-state index is 14.8. The molecule has 0 aliphatic carbocycles. The number of carbonyl (C=O) groups is 2. The first-order valence-electron chi connectivity index (χ1n) is 9.36. The average molecular weight is 457 g/mol. The second kappa shape index (κ2) is 8.65. The molecule has 0 saturated carbocycles. The molecule has 0 radical (unpaired) electrons. The van der Waals surface area contributed by atoms with Crippen LogP contribution in [-0.2, 0) is 16.1 Å². The molecule has 2 aliphatic heterocycles. The molecule has 12 heteroatoms. The van der Waals surface area contributed by atoms with Crippen LogP contribution in [0.2, 0.25) is 0 Å². The number of benzene rings is 1. The first-order chi connectivity index (χ1) is 14.4. The molecule has 30 heavy (non-hydrogen) atoms. The smallest absolute Gasteiger partial charge is 0.414 e. The number of hydrogen-bond donors (Lipinski definition) is 0. The van der Waals surface area contributed by atoms with Gasteiger partial charge in [-0.25, -0.2) is 13.9 Å². The van der Waals surface area contributed by atoms with E-state index in [-0.39, 0.29) is 12.5 Å². The third-order valence-corrected chi connectivity index (χ3v) is 5.47. The van der Waals surface area contributed by atoms with E-state index >= 15 is 0 Å². The largest absolute Gasteiger partial charge is 0.442 e. The van der Waals surface area contributed by atoms with Crippen molar-refractivity contribution in [1.29, 1.82) is 0 Å². The zero-order chi connectivity index (χ0) is 21.3. The zero-order valence-corrected chi connectivity index (χ0v) is 17.3. The third kappa shape index (κ3) is 4.29. The van der Waals surface area contributed by atoms with Gasteiger partial charge in [-0.2, -0.15) is 0 Å². The number of nitrogens with zero attached hydrogens (tertiary/aromatic N) is 6. The molecular weight excluding hydrogens is 438 g/mol. The molecule has 2 aliphatic rings. The highest BCUT2D eigenvalue weighted by Crippen LogP contribution is 2.29. The van der Waals surface area contributed by atoms with Gasteiger partial charge in [-0.15, -0.1) is 5.10 Å². The number of amides is 2. The van der Waals surface area contributed by atoms with Crippen LogP contribution in [0.3, 0.4) is 0 Å². The highest BCUT2D eigenvalue weighted by Gasteiger charge is 2.33. The second-order valence-corrected chi connectivity index (χ2v) is 8.09. The Morgan fingerprint density at radius 2 is 2.03 bits per heavy atom. The van der Waals surface area contributed by atoms with Crippen molar-refractivity contribution in [3.05, 3.63) is 36.4 Å². The van der Waals surface area contributed by atoms with Crippen molar-refractivity contribution in [2.75, 3.05) is 42.5 Å². The summed E-state index contributed by atoms with van der Waals surface area (Å²) in [5.41, 5.74) is 0.828. The molecule has 0 unspecified atom stereocenters. The van der Waals surface area contributed by atoms with Gasteiger partial charge in [0.2, 0.25) is 0 Å². The van der Waals surface area contributed by atoms with E-state index in [2.05, 4.69) is 10.3 Å². The minimum absolute atomic E-state index is 0.288. The van der Waals surface area contributed by atoms with Crippen LogP contribution in [0.5, 0.6) is 0 Å². The predicted molar refractivity (Wildman–Crippen MR) is 108 cm³/mol. The number of carbonyl (C=O) groups excluding carboxylic acids is 2. The van der Waals surface area contributed by atoms with E-state index in [9.17, 15) is 14.0 Å². The number of aromatic nitrogens is 3. The molecule has 1 aromatic heterocycles. The number of hydrogen-bond acceptors (Lipinski definition) is 6. The maximum absolute atomic E-state index is 14.8. The Bertz CT molecular complexity index is 921. The number of halogens is 3. The van der Waals surface area contributed by atoms with Gasteiger partial charge in [0.05, 0.1) is 30.7 Å². The van der Waals surface area contributed by atoms with Gasteiger partial charge in [-0.1, -0.05) is 28.4 Å². The quantitative estimate of drug-likeness (QED) is 0.638. The molecule has 9 nitrogen and oxygen atoms in total. The Morgan fingerprint density at radius 1 is 1.27 bits per heavy atom. The minimum atomic E-state index is -1.10. The lowest BCUT2D eigenvalue weighted by atomic mass is 10.2. The van der Waals surface area contributed by atoms with Gasteiger partial charge in [0, 0.05) is 32.4 Å². The molecule has 2 saturated heterocycles. The number of cyclic esters (lactones) is 1. The molecule has 4 rings (SSSR count). The summed E-state index contributed by atoms with van der Waals surface area (Å²) in [4.78, 5) is 27.8. The molecule has 2 fully saturated rings. The van der Waals surface area contributed by atoms with Gasteiger partial charge in [0.25, 0.3) is 5.91 Å². The molecule has 1 aromatic carbocycles. The Morgan fingerprint density at radius 3 is 2.67 bits per heavy atom. The summed E-state index contributed by atoms with van der Waals surface area (Å²) >= 11 is 11.3. The number of anilines is 2. The summed E-state index contributed by atoms with van der Waals surface area (Å²) in [6, 6.07) is 4.63. The van der Waals surface area contributed by atoms with E-state index in [4.69, 9.17) is 27.9 Å². The Hall–Kier alpha value is -2.59. The number of ether oxygens (including phenoxy) is 1. The molecule has 1 atom stereocenters. The molecule has 3 heterocycles. The molecular formula is C18H19Cl2FN6O3. The first kappa shape index (κ1) is 20.7. The van der Waals surface area contributed by atoms with Crippen LogP contribution < -0.4 is 9.80 Å². The molecule has 0 bridgehead atoms. The summed E-state index contributed by atoms with van der Waals surface area (Å²) in [5, 5.41) is 7.58. The monoisotopic (exact) mass is 456 g/mol. The van der Waals surface area contributed by atoms with Crippen LogP contribution in [0.4, 0.5) is 20.6 Å². The lowest BCUT2D eigenvalue weighted by molar-refractivity contribution is -0.129. The van der Waals surface area contributed by atoms with Crippen LogP contribution in [0, 0.1) is 5.82 Å². The van der Waals surface area contributed by atoms with Crippen LogP contribution in [-0.4, -0.2) is 75.6 Å². The van der Waals surface area contributed by atoms with Crippen molar-refractivity contribution in [3.8, 4) is 0 Å². The molecule has 2 aromatic rings. The van der Waals surface area contributed by atoms with Crippen molar-refractivity contribution < 1.29 is 18.7 Å². The van der Waals surface area contributed by atoms with E-state index in [0.29, 0.717) is 44.1 Å². The topological polar surface area (TPSA) is 83.8 Å². The van der Waals surface area contributed by atoms with Gasteiger partial charge >= 0.3 is 6.09 Å². The van der Waals surface area contributed by atoms with Crippen molar-refractivity contribution in [3.63, 3.8) is 0 Å². The number of piperazine rings is 1. The van der Waals surface area contributed by atoms with Crippen molar-refractivity contribution in [2.24, 2.45) is 0 Å². The van der Waals surface area contributed by atoms with Crippen molar-refractivity contribution in [1.82, 2.24) is 19.9 Å². The van der Waals surface area contributed by atoms with Gasteiger partial charge in [0.1, 0.15) is 11.9 Å². The lowest BCUT2D eigenvalue weighted by Gasteiger charge is -2.36. The zero-order valence-electron chi connectivity index (χ0n) is 15.8. The maximum Gasteiger partial charge on any atom is 0.414 e. The van der Waals surface area contributed by atoms with Crippen molar-refractivity contribution >= 4 is 46.6 Å². The normalized spacial score (nSPS) is 19.5. The van der Waals surface area contributed by atoms with Crippen LogP contribution in [0.1, 0.15) is 0 Å². The third-order valence-electron chi connectivity index (χ3n) is 5.10. The molecule has 160 valence electrons. The van der Waals surface area contributed by atoms with E-state index in [1.54, 1.807) is 34.1 Å². The fraction of sp³-hybridized carbons (Fsp3) is 0.444. The SMILES string of the molecule is O=C(C(Cl)Cl)N1CCN(c2ccc(N3C[C@H](Cn4ccnn4)OC3=O)cc2F)CC1. The van der Waals surface area contributed by atoms with Crippen molar-refractivity contribution in [2.45, 2.75) is 17.5 Å². The summed E-state index contributed by atoms with van der Waals surface area (Å²) in [6.45, 7) is 2.37. The van der Waals surface area contributed by atoms with Gasteiger partial charge in [0.15, 0.2) is 4.84 Å². The van der Waals surface area contributed by atoms with E-state index in [0.717, 1.165) is 0 Å². The van der Waals surface area contributed by atoms with Crippen LogP contribution in [0.15, 0.2) is 30.6 Å². The Balaban J connectivity index is 1.40. The van der Waals surface area contributed by atoms with E-state index in [1.165, 1.54) is 11.0 Å². The highest BCUT2D eigenvalue weighted by atomic mass is 35.5. The standard InChI is InChI=1S/C18H19Cl2FN6O3/c19-16(20)17(28)25-7-5-24(6-8-25)15-2-1-12(9-14(15)21)27-11-13(30-18(27)29)10-26-4-3-22-23-26/h1-4,9,13,16H,5-8,10-11H2/t13-/m0/s1. The Kier molecular flexibility index (Phi) is 5.96. The predicted octanol–water partition coefficient (Wildman–Crippen LogP) is 1.89. The van der Waals surface area contributed by atoms with Crippen LogP contribution >= 0.6 is 23.2 Å². The van der Waals surface area contributed by atoms with Gasteiger partial charge in [-0.3, -0.25) is 9.69 Å². The summed E-state index contributed by atoms with van der Waals surface area (Å²) in [6.07, 6.45) is 2.29. The molecule has 0 spiro atoms. The number of rotatable bonds is 5. The van der Waals surface area contributed by atoms with Gasteiger partial charge < -0.3 is 14.5 Å². The number of alkyl halides is 2. The first-order valence-corrected chi connectivity index (χ1v) is 10.2. The summed E-state index contributed by atoms with van der Waals surface area (Å²) in [5.74, 6) is -0.797. The molecule has 0 N–H and O–H groups in total. The van der Waals surface area contributed by atoms with E-state index < -0.39 is 22.9 Å². The average Bonchev–Trinajstić information content (AvgIpc) is 3.37. The fourth-order valence-electron chi connectivity index (χ4n) is 3.59. The van der Waals surface area contributed by atoms with Crippen LogP contribution in [0.25, 0.3) is 0 Å². The lowest BCUT2D eigenvalue weighted by Crippen LogP contribution is -2.50. The summed E-state index contributed by atoms with van der Waals surface area (Å²) < 4.78 is 21.8. The minimum Gasteiger partial charge on any atom is -0.442 e. The molecule has 2 amide bonds. The highest BCUT2D eigenvalue weighted by molar-refractivity contribution is 6.53. The fourth-order valence-corrected chi connectivity index (χ4v) is 3.87. The summed E-state index contributed by atoms with van der Waals surface area (Å²) in [7, 11) is 0. The van der Waals surface area contributed by atoms with Gasteiger partial charge in [-0.05, 0) is 18.2 Å². The second-order valence-electron chi connectivity index (χ2n) is 6.99.